The number of para-hydroxylation sites is 6. The Balaban J connectivity index is 0.000000166. The van der Waals surface area contributed by atoms with Crippen LogP contribution in [0.5, 0.6) is 0 Å². The van der Waals surface area contributed by atoms with E-state index in [-0.39, 0.29) is 35.0 Å². The summed E-state index contributed by atoms with van der Waals surface area (Å²) in [5, 5.41) is 42.9. The highest BCUT2D eigenvalue weighted by molar-refractivity contribution is 5.92. The number of carbonyl (C=O) groups excluding carboxylic acids is 4. The van der Waals surface area contributed by atoms with E-state index >= 15 is 0 Å². The predicted octanol–water partition coefficient (Wildman–Crippen LogP) is 13.2. The molecule has 504 valence electrons. The lowest BCUT2D eigenvalue weighted by Gasteiger charge is -2.04. The van der Waals surface area contributed by atoms with Crippen LogP contribution in [0.2, 0.25) is 0 Å². The number of esters is 4. The molecule has 0 atom stereocenters. The number of nitrogens with zero attached hydrogens (tertiary/aromatic N) is 12. The van der Waals surface area contributed by atoms with Crippen LogP contribution in [0.25, 0.3) is 34.1 Å². The van der Waals surface area contributed by atoms with Crippen molar-refractivity contribution in [2.24, 2.45) is 0 Å². The molecule has 0 aliphatic heterocycles. The van der Waals surface area contributed by atoms with Crippen molar-refractivity contribution >= 4 is 35.8 Å². The van der Waals surface area contributed by atoms with Crippen LogP contribution < -0.4 is 0 Å². The van der Waals surface area contributed by atoms with Crippen molar-refractivity contribution < 1.29 is 57.9 Å². The molecule has 6 aromatic heterocycles. The molecule has 0 aliphatic carbocycles. The molecule has 12 aromatic rings. The van der Waals surface area contributed by atoms with Crippen molar-refractivity contribution in [1.29, 1.82) is 0 Å². The number of carboxylic acids is 2. The van der Waals surface area contributed by atoms with Gasteiger partial charge in [0.05, 0.1) is 113 Å². The van der Waals surface area contributed by atoms with Crippen molar-refractivity contribution in [3.05, 3.63) is 287 Å². The first kappa shape index (κ1) is 72.8. The molecule has 0 saturated carbocycles. The van der Waals surface area contributed by atoms with Crippen LogP contribution in [0.15, 0.2) is 219 Å². The number of carboxylic acid groups (broad SMARTS) is 2. The zero-order valence-corrected chi connectivity index (χ0v) is 56.0. The summed E-state index contributed by atoms with van der Waals surface area (Å²) in [4.78, 5) is 68.2. The minimum atomic E-state index is -0.949. The summed E-state index contributed by atoms with van der Waals surface area (Å²) >= 11 is 0. The van der Waals surface area contributed by atoms with Crippen molar-refractivity contribution in [2.45, 2.75) is 69.2 Å². The van der Waals surface area contributed by atoms with E-state index in [0.717, 1.165) is 45.5 Å². The third kappa shape index (κ3) is 19.5. The van der Waals surface area contributed by atoms with E-state index in [9.17, 15) is 28.8 Å². The number of benzene rings is 6. The summed E-state index contributed by atoms with van der Waals surface area (Å²) in [5.41, 5.74) is 12.0. The molecule has 0 fully saturated rings. The monoisotopic (exact) mass is 1320 g/mol. The third-order valence-corrected chi connectivity index (χ3v) is 14.2. The number of aromatic carboxylic acids is 2. The minimum Gasteiger partial charge on any atom is -0.478 e. The van der Waals surface area contributed by atoms with Crippen LogP contribution in [0.3, 0.4) is 0 Å². The highest BCUT2D eigenvalue weighted by Crippen LogP contribution is 2.20. The molecule has 12 rings (SSSR count). The van der Waals surface area contributed by atoms with Crippen LogP contribution in [0, 0.1) is 41.5 Å². The molecule has 0 saturated heterocycles. The molecular formula is C74H76N12O12. The highest BCUT2D eigenvalue weighted by atomic mass is 16.5. The molecule has 0 amide bonds. The average molecular weight is 1330 g/mol. The van der Waals surface area contributed by atoms with E-state index in [2.05, 4.69) is 30.6 Å². The van der Waals surface area contributed by atoms with E-state index in [4.69, 9.17) is 29.2 Å². The zero-order valence-electron chi connectivity index (χ0n) is 56.0. The molecule has 6 aromatic carbocycles. The fraction of sp³-hybridized carbons (Fsp3) is 0.189. The maximum Gasteiger partial charge on any atom is 0.341 e. The maximum absolute atomic E-state index is 11.6. The number of hydrogen-bond donors (Lipinski definition) is 2. The number of carbonyl (C=O) groups is 6. The Hall–Kier alpha value is -12.6. The van der Waals surface area contributed by atoms with Gasteiger partial charge in [-0.15, -0.1) is 0 Å². The average Bonchev–Trinajstić information content (AvgIpc) is 1.80. The van der Waals surface area contributed by atoms with Crippen molar-refractivity contribution in [3.8, 4) is 34.1 Å². The van der Waals surface area contributed by atoms with Gasteiger partial charge in [0.2, 0.25) is 0 Å². The summed E-state index contributed by atoms with van der Waals surface area (Å²) in [5.74, 6) is -3.21. The number of hydrogen-bond acceptors (Lipinski definition) is 16. The smallest absolute Gasteiger partial charge is 0.341 e. The van der Waals surface area contributed by atoms with Gasteiger partial charge in [-0.3, -0.25) is 0 Å². The van der Waals surface area contributed by atoms with Crippen LogP contribution >= 0.6 is 0 Å². The van der Waals surface area contributed by atoms with Gasteiger partial charge in [0.15, 0.2) is 0 Å². The third-order valence-electron chi connectivity index (χ3n) is 14.2. The van der Waals surface area contributed by atoms with Crippen molar-refractivity contribution in [1.82, 2.24) is 58.7 Å². The maximum atomic E-state index is 11.6. The van der Waals surface area contributed by atoms with Crippen molar-refractivity contribution in [3.63, 3.8) is 0 Å². The molecule has 0 bridgehead atoms. The Morgan fingerprint density at radius 2 is 0.520 bits per heavy atom. The summed E-state index contributed by atoms with van der Waals surface area (Å²) in [6, 6.07) is 57.5. The SMILES string of the molecule is CCOC(=O)c1cn(-c2ccccc2)nc1C.CCOC(=O)c1cn(-c2ccccc2)nc1C.CCOC(=O)c1cnn(-c2ccccc2)c1C.CCOC(=O)c1cnn(-c2ccccc2)c1C.Cc1c(C(=O)O)cnn1-c1ccccc1.Cc1nn(-c2ccccc2)cc1C(=O)O. The first-order valence-corrected chi connectivity index (χ1v) is 31.1. The molecule has 0 unspecified atom stereocenters. The number of aromatic nitrogens is 12. The van der Waals surface area contributed by atoms with Crippen LogP contribution in [0.4, 0.5) is 0 Å². The van der Waals surface area contributed by atoms with E-state index in [0.29, 0.717) is 71.5 Å². The summed E-state index contributed by atoms with van der Waals surface area (Å²) in [7, 11) is 0. The lowest BCUT2D eigenvalue weighted by atomic mass is 10.2. The van der Waals surface area contributed by atoms with Gasteiger partial charge in [-0.25, -0.2) is 56.9 Å². The van der Waals surface area contributed by atoms with Gasteiger partial charge in [-0.05, 0) is 142 Å². The quantitative estimate of drug-likeness (QED) is 0.0671. The van der Waals surface area contributed by atoms with Crippen molar-refractivity contribution in [2.75, 3.05) is 26.4 Å². The van der Waals surface area contributed by atoms with Gasteiger partial charge in [0.25, 0.3) is 0 Å². The van der Waals surface area contributed by atoms with Gasteiger partial charge < -0.3 is 29.2 Å². The fourth-order valence-corrected chi connectivity index (χ4v) is 9.29. The lowest BCUT2D eigenvalue weighted by Crippen LogP contribution is -2.06. The van der Waals surface area contributed by atoms with Gasteiger partial charge >= 0.3 is 35.8 Å². The van der Waals surface area contributed by atoms with Gasteiger partial charge in [-0.1, -0.05) is 109 Å². The normalized spacial score (nSPS) is 10.2. The van der Waals surface area contributed by atoms with Crippen LogP contribution in [-0.4, -0.2) is 131 Å². The largest absolute Gasteiger partial charge is 0.478 e. The highest BCUT2D eigenvalue weighted by Gasteiger charge is 2.20. The van der Waals surface area contributed by atoms with Gasteiger partial charge in [0.1, 0.15) is 33.4 Å². The minimum absolute atomic E-state index is 0.235. The molecule has 0 spiro atoms. The Bertz CT molecular complexity index is 4300. The predicted molar refractivity (Wildman–Crippen MR) is 368 cm³/mol. The summed E-state index contributed by atoms with van der Waals surface area (Å²) in [6.07, 6.45) is 9.36. The van der Waals surface area contributed by atoms with Crippen LogP contribution in [-0.2, 0) is 18.9 Å². The molecule has 6 heterocycles. The Morgan fingerprint density at radius 1 is 0.306 bits per heavy atom. The summed E-state index contributed by atoms with van der Waals surface area (Å²) < 4.78 is 29.9. The molecule has 24 nitrogen and oxygen atoms in total. The van der Waals surface area contributed by atoms with Gasteiger partial charge in [0, 0.05) is 18.6 Å². The second-order valence-corrected chi connectivity index (χ2v) is 20.9. The number of ether oxygens (including phenoxy) is 4. The topological polar surface area (TPSA) is 287 Å². The first-order valence-electron chi connectivity index (χ1n) is 31.1. The molecule has 98 heavy (non-hydrogen) atoms. The Morgan fingerprint density at radius 3 is 0.755 bits per heavy atom. The van der Waals surface area contributed by atoms with Crippen LogP contribution in [0.1, 0.15) is 124 Å². The first-order chi connectivity index (χ1) is 47.3. The number of aryl methyl sites for hydroxylation is 3. The molecule has 0 aliphatic rings. The lowest BCUT2D eigenvalue weighted by molar-refractivity contribution is 0.0515. The van der Waals surface area contributed by atoms with E-state index < -0.39 is 11.9 Å². The molecular weight excluding hydrogens is 1250 g/mol. The summed E-state index contributed by atoms with van der Waals surface area (Å²) in [6.45, 7) is 19.4. The second-order valence-electron chi connectivity index (χ2n) is 20.9. The zero-order chi connectivity index (χ0) is 70.7. The fourth-order valence-electron chi connectivity index (χ4n) is 9.29. The Kier molecular flexibility index (Phi) is 26.9. The Labute approximate surface area is 566 Å². The molecule has 0 radical (unpaired) electrons. The van der Waals surface area contributed by atoms with E-state index in [1.807, 2.05) is 196 Å². The standard InChI is InChI=1S/4C13H14N2O2.2C11H10N2O2/c2*1-3-17-13(16)12-9-15(14-10(12)2)11-7-5-4-6-8-11;2*1-3-17-13(16)12-9-14-15(10(12)2)11-7-5-4-6-8-11;1-8-10(11(14)15)7-13(12-8)9-5-3-2-4-6-9;1-8-10(11(14)15)7-12-13(8)9-5-3-2-4-6-9/h4*4-9H,3H2,1-2H3;2*2-7H,1H3,(H,14,15). The number of rotatable bonds is 16. The second kappa shape index (κ2) is 36.2. The van der Waals surface area contributed by atoms with E-state index in [1.165, 1.54) is 12.4 Å². The van der Waals surface area contributed by atoms with Gasteiger partial charge in [-0.2, -0.15) is 30.6 Å². The molecule has 2 N–H and O–H groups in total. The molecule has 24 heteroatoms. The van der Waals surface area contributed by atoms with E-state index in [1.54, 1.807) is 108 Å².